The number of rotatable bonds is 7. The third-order valence-electron chi connectivity index (χ3n) is 7.89. The Kier molecular flexibility index (Phi) is 7.76. The average Bonchev–Trinajstić information content (AvgIpc) is 3.37. The average molecular weight is 499 g/mol. The number of primary amides is 1. The number of benzene rings is 1. The lowest BCUT2D eigenvalue weighted by Crippen LogP contribution is -2.45. The second kappa shape index (κ2) is 10.5. The summed E-state index contributed by atoms with van der Waals surface area (Å²) in [6.07, 6.45) is 2.19. The summed E-state index contributed by atoms with van der Waals surface area (Å²) < 4.78 is 5.86. The van der Waals surface area contributed by atoms with Crippen molar-refractivity contribution in [2.45, 2.75) is 65.0 Å². The molecule has 0 aromatic heterocycles. The molecule has 4 atom stereocenters. The first-order chi connectivity index (χ1) is 17.0. The third-order valence-corrected chi connectivity index (χ3v) is 7.89. The van der Waals surface area contributed by atoms with Crippen LogP contribution in [0, 0.1) is 11.3 Å². The Morgan fingerprint density at radius 1 is 1.17 bits per heavy atom. The number of likely N-dealkylation sites (N-methyl/N-ethyl adjacent to an activating group) is 1. The molecule has 0 saturated carbocycles. The van der Waals surface area contributed by atoms with E-state index in [1.54, 1.807) is 11.0 Å². The van der Waals surface area contributed by atoms with Crippen LogP contribution in [-0.4, -0.2) is 85.9 Å². The van der Waals surface area contributed by atoms with Crippen molar-refractivity contribution in [3.63, 3.8) is 0 Å². The highest BCUT2D eigenvalue weighted by Gasteiger charge is 2.53. The third kappa shape index (κ3) is 5.44. The topological polar surface area (TPSA) is 96.2 Å². The van der Waals surface area contributed by atoms with E-state index in [9.17, 15) is 14.4 Å². The molecular formula is C28H42N4O4. The molecule has 8 nitrogen and oxygen atoms in total. The van der Waals surface area contributed by atoms with E-state index in [0.717, 1.165) is 44.7 Å². The summed E-state index contributed by atoms with van der Waals surface area (Å²) >= 11 is 0. The van der Waals surface area contributed by atoms with Crippen molar-refractivity contribution in [1.82, 2.24) is 9.80 Å². The van der Waals surface area contributed by atoms with Crippen LogP contribution in [0.5, 0.6) is 0 Å². The first-order valence-corrected chi connectivity index (χ1v) is 13.3. The van der Waals surface area contributed by atoms with E-state index in [1.807, 2.05) is 12.1 Å². The predicted octanol–water partition coefficient (Wildman–Crippen LogP) is 2.65. The van der Waals surface area contributed by atoms with Crippen LogP contribution in [0.4, 0.5) is 5.69 Å². The fourth-order valence-electron chi connectivity index (χ4n) is 6.07. The van der Waals surface area contributed by atoms with Gasteiger partial charge >= 0.3 is 0 Å². The van der Waals surface area contributed by atoms with Gasteiger partial charge in [-0.1, -0.05) is 34.1 Å². The highest BCUT2D eigenvalue weighted by molar-refractivity contribution is 5.99. The molecule has 2 N–H and O–H groups in total. The maximum Gasteiger partial charge on any atom is 0.249 e. The van der Waals surface area contributed by atoms with Gasteiger partial charge in [0.15, 0.2) is 5.78 Å². The summed E-state index contributed by atoms with van der Waals surface area (Å²) in [5.41, 5.74) is 7.69. The number of ether oxygens (including phenoxy) is 1. The van der Waals surface area contributed by atoms with Crippen LogP contribution >= 0.6 is 0 Å². The summed E-state index contributed by atoms with van der Waals surface area (Å²) in [5.74, 6) is -1.09. The molecule has 0 unspecified atom stereocenters. The van der Waals surface area contributed by atoms with Crippen molar-refractivity contribution in [3.8, 4) is 0 Å². The van der Waals surface area contributed by atoms with Gasteiger partial charge in [-0.3, -0.25) is 14.4 Å². The molecule has 3 saturated heterocycles. The zero-order valence-corrected chi connectivity index (χ0v) is 22.5. The molecule has 3 aliphatic rings. The van der Waals surface area contributed by atoms with Crippen molar-refractivity contribution in [2.24, 2.45) is 17.1 Å². The number of carbonyl (C=O) groups excluding carboxylic acids is 3. The lowest BCUT2D eigenvalue weighted by Gasteiger charge is -2.35. The molecular weight excluding hydrogens is 456 g/mol. The van der Waals surface area contributed by atoms with E-state index in [0.29, 0.717) is 24.1 Å². The fraction of sp³-hybridized carbons (Fsp3) is 0.679. The Morgan fingerprint density at radius 2 is 1.86 bits per heavy atom. The van der Waals surface area contributed by atoms with Gasteiger partial charge in [0.1, 0.15) is 12.6 Å². The van der Waals surface area contributed by atoms with E-state index in [-0.39, 0.29) is 35.7 Å². The Hall–Kier alpha value is -2.45. The van der Waals surface area contributed by atoms with Crippen LogP contribution in [-0.2, 0) is 14.3 Å². The second-order valence-electron chi connectivity index (χ2n) is 12.0. The number of amides is 2. The van der Waals surface area contributed by atoms with Gasteiger partial charge in [0.2, 0.25) is 11.8 Å². The van der Waals surface area contributed by atoms with Crippen LogP contribution in [0.2, 0.25) is 0 Å². The lowest BCUT2D eigenvalue weighted by atomic mass is 9.79. The van der Waals surface area contributed by atoms with Gasteiger partial charge in [-0.05, 0) is 49.1 Å². The molecule has 0 radical (unpaired) electrons. The van der Waals surface area contributed by atoms with Crippen LogP contribution in [0.1, 0.15) is 68.8 Å². The van der Waals surface area contributed by atoms with E-state index in [2.05, 4.69) is 44.5 Å². The molecule has 2 amide bonds. The molecule has 0 spiro atoms. The van der Waals surface area contributed by atoms with Gasteiger partial charge in [0.25, 0.3) is 0 Å². The molecule has 3 heterocycles. The van der Waals surface area contributed by atoms with Gasteiger partial charge in [-0.2, -0.15) is 0 Å². The molecule has 0 aliphatic carbocycles. The molecule has 198 valence electrons. The number of Topliss-reactive ketones (excluding diaryl/α,β-unsaturated/α-hetero) is 1. The number of anilines is 1. The van der Waals surface area contributed by atoms with Crippen LogP contribution in [0.15, 0.2) is 18.2 Å². The Morgan fingerprint density at radius 3 is 2.47 bits per heavy atom. The van der Waals surface area contributed by atoms with E-state index in [1.165, 1.54) is 0 Å². The largest absolute Gasteiger partial charge is 0.369 e. The highest BCUT2D eigenvalue weighted by atomic mass is 16.5. The summed E-state index contributed by atoms with van der Waals surface area (Å²) in [4.78, 5) is 46.0. The molecule has 8 heteroatoms. The maximum absolute atomic E-state index is 14.3. The van der Waals surface area contributed by atoms with Gasteiger partial charge < -0.3 is 25.2 Å². The van der Waals surface area contributed by atoms with Gasteiger partial charge in [-0.15, -0.1) is 0 Å². The summed E-state index contributed by atoms with van der Waals surface area (Å²) in [6, 6.07) is 5.16. The zero-order chi connectivity index (χ0) is 26.2. The first kappa shape index (κ1) is 26.6. The van der Waals surface area contributed by atoms with Crippen molar-refractivity contribution >= 4 is 23.3 Å². The molecule has 1 aromatic carbocycles. The molecule has 1 aromatic rings. The summed E-state index contributed by atoms with van der Waals surface area (Å²) in [7, 11) is 2.11. The number of nitrogens with two attached hydrogens (primary N) is 1. The van der Waals surface area contributed by atoms with Gasteiger partial charge in [0, 0.05) is 49.9 Å². The van der Waals surface area contributed by atoms with Crippen molar-refractivity contribution in [2.75, 3.05) is 51.3 Å². The molecule has 0 bridgehead atoms. The highest BCUT2D eigenvalue weighted by Crippen LogP contribution is 2.41. The number of carbonyl (C=O) groups is 3. The minimum absolute atomic E-state index is 0.0252. The molecule has 3 fully saturated rings. The quantitative estimate of drug-likeness (QED) is 0.621. The van der Waals surface area contributed by atoms with Gasteiger partial charge in [0.05, 0.1) is 12.0 Å². The van der Waals surface area contributed by atoms with E-state index in [4.69, 9.17) is 10.5 Å². The van der Waals surface area contributed by atoms with E-state index >= 15 is 0 Å². The zero-order valence-electron chi connectivity index (χ0n) is 22.5. The normalized spacial score (nSPS) is 25.8. The summed E-state index contributed by atoms with van der Waals surface area (Å²) in [6.45, 7) is 12.6. The molecule has 36 heavy (non-hydrogen) atoms. The number of piperazine rings is 1. The van der Waals surface area contributed by atoms with Gasteiger partial charge in [-0.25, -0.2) is 0 Å². The molecule has 4 rings (SSSR count). The summed E-state index contributed by atoms with van der Waals surface area (Å²) in [5, 5.41) is 0. The Bertz CT molecular complexity index is 996. The Labute approximate surface area is 215 Å². The fourth-order valence-corrected chi connectivity index (χ4v) is 6.07. The number of hydrogen-bond acceptors (Lipinski definition) is 6. The minimum Gasteiger partial charge on any atom is -0.369 e. The van der Waals surface area contributed by atoms with Crippen molar-refractivity contribution < 1.29 is 19.1 Å². The number of hydrogen-bond donors (Lipinski definition) is 1. The SMILES string of the molecule is CCC[C@H]1CN(C(=O)[C@@H](CC(C)(C)C)c2cc(N3CCN(C)CC3)ccc2C(N)=O)[C@@H]2C(=O)CO[C@H]12. The minimum atomic E-state index is -0.575. The standard InChI is InChI=1S/C28H42N4O4/c1-6-7-18-16-32(24-23(33)17-36-25(18)24)27(35)22(15-28(2,3)4)21-14-19(8-9-20(21)26(29)34)31-12-10-30(5)11-13-31/h8-9,14,18,22,24-25H,6-7,10-13,15-17H2,1-5H3,(H2,29,34)/t18-,22-,24+,25+/m0/s1. The first-order valence-electron chi connectivity index (χ1n) is 13.3. The van der Waals surface area contributed by atoms with Crippen LogP contribution in [0.3, 0.4) is 0 Å². The van der Waals surface area contributed by atoms with E-state index < -0.39 is 17.9 Å². The van der Waals surface area contributed by atoms with Crippen molar-refractivity contribution in [1.29, 1.82) is 0 Å². The number of ketones is 1. The number of fused-ring (bicyclic) bond motifs is 1. The van der Waals surface area contributed by atoms with Crippen LogP contribution < -0.4 is 10.6 Å². The predicted molar refractivity (Wildman–Crippen MR) is 140 cm³/mol. The van der Waals surface area contributed by atoms with Crippen LogP contribution in [0.25, 0.3) is 0 Å². The number of nitrogens with zero attached hydrogens (tertiary/aromatic N) is 3. The van der Waals surface area contributed by atoms with Crippen molar-refractivity contribution in [3.05, 3.63) is 29.3 Å². The maximum atomic E-state index is 14.3. The Balaban J connectivity index is 1.73. The monoisotopic (exact) mass is 498 g/mol. The second-order valence-corrected chi connectivity index (χ2v) is 12.0. The number of likely N-dealkylation sites (tertiary alicyclic amines) is 1. The lowest BCUT2D eigenvalue weighted by molar-refractivity contribution is -0.138. The smallest absolute Gasteiger partial charge is 0.249 e. The molecule has 3 aliphatic heterocycles.